The molecule has 0 bridgehead atoms. The minimum Gasteiger partial charge on any atom is -0.345 e. The second-order valence-electron chi connectivity index (χ2n) is 5.54. The Morgan fingerprint density at radius 1 is 1.16 bits per heavy atom. The molecule has 0 unspecified atom stereocenters. The highest BCUT2D eigenvalue weighted by molar-refractivity contribution is 7.13. The molecular weight excluding hydrogens is 362 g/mol. The summed E-state index contributed by atoms with van der Waals surface area (Å²) in [5.74, 6) is -0.956. The van der Waals surface area contributed by atoms with Crippen LogP contribution in [0.1, 0.15) is 24.9 Å². The third-order valence-corrected chi connectivity index (χ3v) is 4.59. The van der Waals surface area contributed by atoms with Crippen LogP contribution in [0, 0.1) is 6.92 Å². The third kappa shape index (κ3) is 5.04. The lowest BCUT2D eigenvalue weighted by molar-refractivity contribution is -0.115. The number of carbonyl (C=O) groups excluding carboxylic acids is 3. The Morgan fingerprint density at radius 3 is 2.48 bits per heavy atom. The van der Waals surface area contributed by atoms with Crippen LogP contribution in [-0.2, 0) is 4.79 Å². The van der Waals surface area contributed by atoms with Crippen molar-refractivity contribution in [1.29, 1.82) is 0 Å². The quantitative estimate of drug-likeness (QED) is 0.838. The van der Waals surface area contributed by atoms with Gasteiger partial charge in [0.2, 0.25) is 5.91 Å². The number of hydrogen-bond donors (Lipinski definition) is 2. The van der Waals surface area contributed by atoms with E-state index in [1.807, 2.05) is 13.0 Å². The van der Waals surface area contributed by atoms with Crippen LogP contribution in [0.5, 0.6) is 0 Å². The van der Waals surface area contributed by atoms with Gasteiger partial charge in [-0.1, -0.05) is 11.6 Å². The van der Waals surface area contributed by atoms with Crippen LogP contribution in [0.2, 0.25) is 5.02 Å². The lowest BCUT2D eigenvalue weighted by Crippen LogP contribution is -2.32. The Morgan fingerprint density at radius 2 is 1.88 bits per heavy atom. The third-order valence-electron chi connectivity index (χ3n) is 3.26. The maximum absolute atomic E-state index is 12.1. The van der Waals surface area contributed by atoms with E-state index in [-0.39, 0.29) is 18.4 Å². The molecule has 25 heavy (non-hydrogen) atoms. The van der Waals surface area contributed by atoms with E-state index in [0.717, 1.165) is 4.88 Å². The second kappa shape index (κ2) is 8.13. The fourth-order valence-electron chi connectivity index (χ4n) is 2.02. The molecule has 2 aromatic rings. The number of rotatable bonds is 5. The molecule has 2 N–H and O–H groups in total. The molecule has 1 aromatic heterocycles. The molecule has 132 valence electrons. The van der Waals surface area contributed by atoms with Crippen LogP contribution in [-0.4, -0.2) is 43.3 Å². The number of nitrogens with zero attached hydrogens (tertiary/aromatic N) is 1. The highest BCUT2D eigenvalue weighted by Gasteiger charge is 2.14. The van der Waals surface area contributed by atoms with Crippen LogP contribution in [0.15, 0.2) is 30.3 Å². The van der Waals surface area contributed by atoms with Gasteiger partial charge in [-0.3, -0.25) is 14.4 Å². The predicted octanol–water partition coefficient (Wildman–Crippen LogP) is 2.78. The van der Waals surface area contributed by atoms with Crippen molar-refractivity contribution in [2.45, 2.75) is 6.92 Å². The number of carbonyl (C=O) groups is 3. The number of halogens is 1. The number of aryl methyl sites for hydroxylation is 1. The lowest BCUT2D eigenvalue weighted by Gasteiger charge is -2.13. The van der Waals surface area contributed by atoms with Gasteiger partial charge in [-0.05, 0) is 37.3 Å². The Hall–Kier alpha value is -2.38. The summed E-state index contributed by atoms with van der Waals surface area (Å²) in [4.78, 5) is 39.0. The van der Waals surface area contributed by atoms with Crippen molar-refractivity contribution in [3.8, 4) is 0 Å². The maximum Gasteiger partial charge on any atom is 0.261 e. The van der Waals surface area contributed by atoms with Crippen molar-refractivity contribution in [3.05, 3.63) is 50.7 Å². The van der Waals surface area contributed by atoms with Crippen LogP contribution in [0.4, 0.5) is 5.69 Å². The summed E-state index contributed by atoms with van der Waals surface area (Å²) >= 11 is 7.39. The fourth-order valence-corrected chi connectivity index (χ4v) is 3.00. The van der Waals surface area contributed by atoms with Gasteiger partial charge >= 0.3 is 0 Å². The first kappa shape index (κ1) is 19.0. The predicted molar refractivity (Wildman–Crippen MR) is 99.5 cm³/mol. The van der Waals surface area contributed by atoms with E-state index in [9.17, 15) is 14.4 Å². The molecule has 0 radical (unpaired) electrons. The second-order valence-corrected chi connectivity index (χ2v) is 7.23. The van der Waals surface area contributed by atoms with Gasteiger partial charge in [0.25, 0.3) is 11.8 Å². The number of hydrogen-bond acceptors (Lipinski definition) is 4. The largest absolute Gasteiger partial charge is 0.345 e. The first-order chi connectivity index (χ1) is 11.8. The van der Waals surface area contributed by atoms with Gasteiger partial charge in [-0.15, -0.1) is 11.3 Å². The van der Waals surface area contributed by atoms with Gasteiger partial charge in [0, 0.05) is 24.7 Å². The number of anilines is 1. The zero-order chi connectivity index (χ0) is 18.6. The van der Waals surface area contributed by atoms with Gasteiger partial charge in [0.05, 0.1) is 22.0 Å². The van der Waals surface area contributed by atoms with E-state index >= 15 is 0 Å². The standard InChI is InChI=1S/C17H18ClN3O3S/c1-10-4-7-14(25-10)16(23)19-9-15(22)20-11-5-6-13(18)12(8-11)17(24)21(2)3/h4-8H,9H2,1-3H3,(H,19,23)(H,20,22). The zero-order valence-corrected chi connectivity index (χ0v) is 15.6. The molecule has 0 saturated carbocycles. The van der Waals surface area contributed by atoms with Crippen molar-refractivity contribution in [2.75, 3.05) is 26.0 Å². The average Bonchev–Trinajstić information content (AvgIpc) is 3.00. The molecule has 0 spiro atoms. The molecule has 0 atom stereocenters. The van der Waals surface area contributed by atoms with Crippen LogP contribution in [0.25, 0.3) is 0 Å². The summed E-state index contributed by atoms with van der Waals surface area (Å²) in [7, 11) is 3.23. The van der Waals surface area contributed by atoms with Crippen LogP contribution < -0.4 is 10.6 Å². The Labute approximate surface area is 154 Å². The summed E-state index contributed by atoms with van der Waals surface area (Å²) < 4.78 is 0. The van der Waals surface area contributed by atoms with Gasteiger partial charge in [-0.2, -0.15) is 0 Å². The molecule has 0 aliphatic rings. The van der Waals surface area contributed by atoms with Gasteiger partial charge < -0.3 is 15.5 Å². The molecule has 2 rings (SSSR count). The van der Waals surface area contributed by atoms with E-state index in [1.54, 1.807) is 32.3 Å². The molecule has 0 aliphatic carbocycles. The first-order valence-corrected chi connectivity index (χ1v) is 8.63. The number of nitrogens with one attached hydrogen (secondary N) is 2. The van der Waals surface area contributed by atoms with E-state index < -0.39 is 5.91 Å². The maximum atomic E-state index is 12.1. The van der Waals surface area contributed by atoms with Crippen molar-refractivity contribution >= 4 is 46.3 Å². The summed E-state index contributed by atoms with van der Waals surface area (Å²) in [6, 6.07) is 8.20. The highest BCUT2D eigenvalue weighted by Crippen LogP contribution is 2.21. The normalized spacial score (nSPS) is 10.2. The fraction of sp³-hybridized carbons (Fsp3) is 0.235. The molecular formula is C17H18ClN3O3S. The van der Waals surface area contributed by atoms with Crippen molar-refractivity contribution in [2.24, 2.45) is 0 Å². The van der Waals surface area contributed by atoms with E-state index in [1.165, 1.54) is 22.3 Å². The molecule has 0 saturated heterocycles. The molecule has 8 heteroatoms. The van der Waals surface area contributed by atoms with Crippen LogP contribution >= 0.6 is 22.9 Å². The average molecular weight is 380 g/mol. The molecule has 6 nitrogen and oxygen atoms in total. The lowest BCUT2D eigenvalue weighted by atomic mass is 10.1. The summed E-state index contributed by atoms with van der Waals surface area (Å²) in [6.45, 7) is 1.73. The van der Waals surface area contributed by atoms with Crippen molar-refractivity contribution < 1.29 is 14.4 Å². The Balaban J connectivity index is 1.97. The van der Waals surface area contributed by atoms with E-state index in [2.05, 4.69) is 10.6 Å². The number of benzene rings is 1. The summed E-state index contributed by atoms with van der Waals surface area (Å²) in [5.41, 5.74) is 0.725. The summed E-state index contributed by atoms with van der Waals surface area (Å²) in [5, 5.41) is 5.50. The van der Waals surface area contributed by atoms with E-state index in [0.29, 0.717) is 21.2 Å². The minimum atomic E-state index is -0.396. The molecule has 1 heterocycles. The smallest absolute Gasteiger partial charge is 0.261 e. The minimum absolute atomic E-state index is 0.171. The summed E-state index contributed by atoms with van der Waals surface area (Å²) in [6.07, 6.45) is 0. The topological polar surface area (TPSA) is 78.5 Å². The SMILES string of the molecule is Cc1ccc(C(=O)NCC(=O)Nc2ccc(Cl)c(C(=O)N(C)C)c2)s1. The molecule has 1 aromatic carbocycles. The number of amides is 3. The zero-order valence-electron chi connectivity index (χ0n) is 14.1. The van der Waals surface area contributed by atoms with Gasteiger partial charge in [0.15, 0.2) is 0 Å². The number of thiophene rings is 1. The van der Waals surface area contributed by atoms with Gasteiger partial charge in [0.1, 0.15) is 0 Å². The van der Waals surface area contributed by atoms with Crippen molar-refractivity contribution in [3.63, 3.8) is 0 Å². The van der Waals surface area contributed by atoms with Crippen molar-refractivity contribution in [1.82, 2.24) is 10.2 Å². The molecule has 0 fully saturated rings. The molecule has 0 aliphatic heterocycles. The Kier molecular flexibility index (Phi) is 6.17. The van der Waals surface area contributed by atoms with E-state index in [4.69, 9.17) is 11.6 Å². The monoisotopic (exact) mass is 379 g/mol. The first-order valence-electron chi connectivity index (χ1n) is 7.43. The van der Waals surface area contributed by atoms with Crippen LogP contribution in [0.3, 0.4) is 0 Å². The highest BCUT2D eigenvalue weighted by atomic mass is 35.5. The Bertz CT molecular complexity index is 817. The molecule has 3 amide bonds. The van der Waals surface area contributed by atoms with Gasteiger partial charge in [-0.25, -0.2) is 0 Å².